The largest absolute Gasteiger partial charge is 0.350 e. The van der Waals surface area contributed by atoms with Crippen molar-refractivity contribution in [3.63, 3.8) is 0 Å². The first-order valence-electron chi connectivity index (χ1n) is 6.39. The third kappa shape index (κ3) is 4.03. The van der Waals surface area contributed by atoms with E-state index in [1.807, 2.05) is 26.0 Å². The first-order chi connectivity index (χ1) is 9.54. The summed E-state index contributed by atoms with van der Waals surface area (Å²) < 4.78 is 12.9. The lowest BCUT2D eigenvalue weighted by molar-refractivity contribution is -0.116. The summed E-state index contributed by atoms with van der Waals surface area (Å²) in [6, 6.07) is 10.4. The van der Waals surface area contributed by atoms with Crippen molar-refractivity contribution < 1.29 is 9.18 Å². The minimum atomic E-state index is -0.240. The molecule has 2 nitrogen and oxygen atoms in total. The van der Waals surface area contributed by atoms with E-state index in [0.717, 1.165) is 15.3 Å². The Morgan fingerprint density at radius 1 is 1.20 bits per heavy atom. The van der Waals surface area contributed by atoms with E-state index in [-0.39, 0.29) is 17.8 Å². The Labute approximate surface area is 122 Å². The molecule has 0 saturated heterocycles. The van der Waals surface area contributed by atoms with Gasteiger partial charge in [0.1, 0.15) is 5.82 Å². The Hall–Kier alpha value is -1.94. The Balaban J connectivity index is 2.07. The van der Waals surface area contributed by atoms with Crippen LogP contribution in [0, 0.1) is 5.82 Å². The lowest BCUT2D eigenvalue weighted by Gasteiger charge is -2.03. The summed E-state index contributed by atoms with van der Waals surface area (Å²) in [7, 11) is 0. The first-order valence-corrected chi connectivity index (χ1v) is 7.20. The lowest BCUT2D eigenvalue weighted by Crippen LogP contribution is -2.28. The zero-order valence-electron chi connectivity index (χ0n) is 11.4. The predicted molar refractivity (Wildman–Crippen MR) is 82.0 cm³/mol. The Morgan fingerprint density at radius 3 is 2.55 bits per heavy atom. The molecule has 0 saturated carbocycles. The van der Waals surface area contributed by atoms with Crippen molar-refractivity contribution >= 4 is 23.3 Å². The molecule has 1 aromatic heterocycles. The average molecular weight is 289 g/mol. The Bertz CT molecular complexity index is 614. The van der Waals surface area contributed by atoms with E-state index < -0.39 is 0 Å². The minimum absolute atomic E-state index is 0.100. The molecule has 104 valence electrons. The molecule has 0 spiro atoms. The highest BCUT2D eigenvalue weighted by molar-refractivity contribution is 7.16. The second kappa shape index (κ2) is 6.48. The summed E-state index contributed by atoms with van der Waals surface area (Å²) in [6.45, 7) is 3.84. The lowest BCUT2D eigenvalue weighted by atomic mass is 10.2. The van der Waals surface area contributed by atoms with Gasteiger partial charge >= 0.3 is 0 Å². The van der Waals surface area contributed by atoms with E-state index in [9.17, 15) is 9.18 Å². The van der Waals surface area contributed by atoms with Crippen molar-refractivity contribution in [2.45, 2.75) is 19.9 Å². The molecule has 0 radical (unpaired) electrons. The zero-order valence-corrected chi connectivity index (χ0v) is 12.2. The maximum Gasteiger partial charge on any atom is 0.244 e. The average Bonchev–Trinajstić information content (AvgIpc) is 2.85. The molecule has 1 aromatic carbocycles. The summed E-state index contributed by atoms with van der Waals surface area (Å²) in [4.78, 5) is 13.5. The summed E-state index contributed by atoms with van der Waals surface area (Å²) in [6.07, 6.45) is 3.32. The van der Waals surface area contributed by atoms with Crippen molar-refractivity contribution in [1.29, 1.82) is 0 Å². The summed E-state index contributed by atoms with van der Waals surface area (Å²) in [5, 5.41) is 2.79. The van der Waals surface area contributed by atoms with Gasteiger partial charge in [0, 0.05) is 21.9 Å². The Kier molecular flexibility index (Phi) is 4.69. The minimum Gasteiger partial charge on any atom is -0.350 e. The van der Waals surface area contributed by atoms with E-state index in [1.165, 1.54) is 18.2 Å². The molecular weight excluding hydrogens is 273 g/mol. The number of nitrogens with one attached hydrogen (secondary N) is 1. The highest BCUT2D eigenvalue weighted by atomic mass is 32.1. The number of amides is 1. The standard InChI is InChI=1S/C16H16FNOS/c1-11(2)18-16(19)10-8-14-7-9-15(20-14)12-3-5-13(17)6-4-12/h3-11H,1-2H3,(H,18,19)/b10-8+. The van der Waals surface area contributed by atoms with Gasteiger partial charge in [-0.3, -0.25) is 4.79 Å². The molecule has 1 amide bonds. The maximum atomic E-state index is 12.9. The highest BCUT2D eigenvalue weighted by Crippen LogP contribution is 2.28. The molecule has 2 rings (SSSR count). The number of thiophene rings is 1. The van der Waals surface area contributed by atoms with Gasteiger partial charge in [0.2, 0.25) is 5.91 Å². The first kappa shape index (κ1) is 14.5. The fourth-order valence-electron chi connectivity index (χ4n) is 1.70. The number of carbonyl (C=O) groups excluding carboxylic acids is 1. The number of rotatable bonds is 4. The molecule has 0 aliphatic carbocycles. The van der Waals surface area contributed by atoms with Gasteiger partial charge in [-0.05, 0) is 49.8 Å². The number of halogens is 1. The molecule has 1 N–H and O–H groups in total. The van der Waals surface area contributed by atoms with Gasteiger partial charge in [-0.2, -0.15) is 0 Å². The smallest absolute Gasteiger partial charge is 0.244 e. The molecule has 0 atom stereocenters. The highest BCUT2D eigenvalue weighted by Gasteiger charge is 2.02. The van der Waals surface area contributed by atoms with E-state index >= 15 is 0 Å². The SMILES string of the molecule is CC(C)NC(=O)/C=C/c1ccc(-c2ccc(F)cc2)s1. The molecule has 0 bridgehead atoms. The molecule has 0 aliphatic rings. The van der Waals surface area contributed by atoms with E-state index in [4.69, 9.17) is 0 Å². The van der Waals surface area contributed by atoms with Crippen molar-refractivity contribution in [2.24, 2.45) is 0 Å². The van der Waals surface area contributed by atoms with E-state index in [1.54, 1.807) is 29.5 Å². The van der Waals surface area contributed by atoms with Crippen LogP contribution >= 0.6 is 11.3 Å². The van der Waals surface area contributed by atoms with E-state index in [0.29, 0.717) is 0 Å². The molecule has 20 heavy (non-hydrogen) atoms. The quantitative estimate of drug-likeness (QED) is 0.844. The van der Waals surface area contributed by atoms with Gasteiger partial charge in [0.15, 0.2) is 0 Å². The van der Waals surface area contributed by atoms with Crippen molar-refractivity contribution in [3.8, 4) is 10.4 Å². The van der Waals surface area contributed by atoms with Crippen LogP contribution in [0.4, 0.5) is 4.39 Å². The number of hydrogen-bond donors (Lipinski definition) is 1. The van der Waals surface area contributed by atoms with Crippen LogP contribution in [0.1, 0.15) is 18.7 Å². The monoisotopic (exact) mass is 289 g/mol. The summed E-state index contributed by atoms with van der Waals surface area (Å²) in [5.41, 5.74) is 0.975. The number of benzene rings is 1. The second-order valence-corrected chi connectivity index (χ2v) is 5.82. The van der Waals surface area contributed by atoms with Crippen LogP contribution in [0.15, 0.2) is 42.5 Å². The number of carbonyl (C=O) groups is 1. The van der Waals surface area contributed by atoms with Gasteiger partial charge < -0.3 is 5.32 Å². The zero-order chi connectivity index (χ0) is 14.5. The predicted octanol–water partition coefficient (Wildman–Crippen LogP) is 4.09. The third-order valence-corrected chi connectivity index (χ3v) is 3.68. The van der Waals surface area contributed by atoms with Crippen LogP contribution in [0.5, 0.6) is 0 Å². The van der Waals surface area contributed by atoms with Crippen LogP contribution in [-0.4, -0.2) is 11.9 Å². The van der Waals surface area contributed by atoms with Crippen LogP contribution < -0.4 is 5.32 Å². The second-order valence-electron chi connectivity index (χ2n) is 4.71. The Morgan fingerprint density at radius 2 is 1.90 bits per heavy atom. The molecular formula is C16H16FNOS. The maximum absolute atomic E-state index is 12.9. The van der Waals surface area contributed by atoms with Gasteiger partial charge in [-0.15, -0.1) is 11.3 Å². The fourth-order valence-corrected chi connectivity index (χ4v) is 2.62. The molecule has 0 unspecified atom stereocenters. The van der Waals surface area contributed by atoms with Crippen LogP contribution in [0.2, 0.25) is 0 Å². The van der Waals surface area contributed by atoms with Crippen LogP contribution in [0.25, 0.3) is 16.5 Å². The van der Waals surface area contributed by atoms with Crippen LogP contribution in [0.3, 0.4) is 0 Å². The van der Waals surface area contributed by atoms with Crippen molar-refractivity contribution in [2.75, 3.05) is 0 Å². The van der Waals surface area contributed by atoms with Crippen molar-refractivity contribution in [3.05, 3.63) is 53.2 Å². The van der Waals surface area contributed by atoms with Crippen molar-refractivity contribution in [1.82, 2.24) is 5.32 Å². The molecule has 4 heteroatoms. The topological polar surface area (TPSA) is 29.1 Å². The molecule has 2 aromatic rings. The van der Waals surface area contributed by atoms with Gasteiger partial charge in [0.05, 0.1) is 0 Å². The van der Waals surface area contributed by atoms with Gasteiger partial charge in [-0.25, -0.2) is 4.39 Å². The summed E-state index contributed by atoms with van der Waals surface area (Å²) >= 11 is 1.56. The normalized spacial score (nSPS) is 11.2. The van der Waals surface area contributed by atoms with Gasteiger partial charge in [0.25, 0.3) is 0 Å². The fraction of sp³-hybridized carbons (Fsp3) is 0.188. The van der Waals surface area contributed by atoms with Crippen LogP contribution in [-0.2, 0) is 4.79 Å². The summed E-state index contributed by atoms with van der Waals surface area (Å²) in [5.74, 6) is -0.340. The van der Waals surface area contributed by atoms with E-state index in [2.05, 4.69) is 5.32 Å². The van der Waals surface area contributed by atoms with Gasteiger partial charge in [-0.1, -0.05) is 12.1 Å². The molecule has 0 aliphatic heterocycles. The number of hydrogen-bond acceptors (Lipinski definition) is 2. The molecule has 1 heterocycles. The third-order valence-electron chi connectivity index (χ3n) is 2.59. The molecule has 0 fully saturated rings.